The zero-order valence-corrected chi connectivity index (χ0v) is 18.0. The van der Waals surface area contributed by atoms with Crippen LogP contribution in [0.3, 0.4) is 0 Å². The number of aromatic nitrogens is 5. The Morgan fingerprint density at radius 3 is 3.03 bits per heavy atom. The van der Waals surface area contributed by atoms with Crippen LogP contribution in [0.1, 0.15) is 31.6 Å². The minimum absolute atomic E-state index is 0.0180. The SMILES string of the molecule is CC1(NC(=O)O[C@@H]2CO[C@H](c3cc(Nc4nccc5nc(OCC(F)F)cn45)n[nH]3)[C@@H]2F)CC1. The van der Waals surface area contributed by atoms with Crippen LogP contribution < -0.4 is 15.4 Å². The number of carbonyl (C=O) groups excluding carboxylic acids is 1. The van der Waals surface area contributed by atoms with Gasteiger partial charge >= 0.3 is 6.09 Å². The lowest BCUT2D eigenvalue weighted by molar-refractivity contribution is 0.0604. The van der Waals surface area contributed by atoms with Gasteiger partial charge in [-0.3, -0.25) is 9.50 Å². The summed E-state index contributed by atoms with van der Waals surface area (Å²) in [5.41, 5.74) is 0.487. The molecule has 3 atom stereocenters. The van der Waals surface area contributed by atoms with E-state index >= 15 is 0 Å². The normalized spacial score (nSPS) is 23.3. The van der Waals surface area contributed by atoms with Crippen molar-refractivity contribution < 1.29 is 32.2 Å². The molecule has 2 aliphatic rings. The molecule has 11 nitrogen and oxygen atoms in total. The van der Waals surface area contributed by atoms with E-state index in [2.05, 4.69) is 30.8 Å². The number of alkyl carbamates (subject to hydrolysis) is 1. The molecule has 182 valence electrons. The van der Waals surface area contributed by atoms with Crippen LogP contribution in [-0.2, 0) is 9.47 Å². The number of alkyl halides is 3. The van der Waals surface area contributed by atoms with E-state index in [0.717, 1.165) is 12.8 Å². The van der Waals surface area contributed by atoms with Crippen molar-refractivity contribution in [3.8, 4) is 5.88 Å². The van der Waals surface area contributed by atoms with E-state index in [1.807, 2.05) is 6.92 Å². The lowest BCUT2D eigenvalue weighted by Gasteiger charge is -2.17. The van der Waals surface area contributed by atoms with E-state index in [1.54, 1.807) is 6.07 Å². The van der Waals surface area contributed by atoms with Crippen molar-refractivity contribution in [3.05, 3.63) is 30.2 Å². The van der Waals surface area contributed by atoms with Gasteiger partial charge in [0.25, 0.3) is 6.43 Å². The molecule has 14 heteroatoms. The number of hydrogen-bond donors (Lipinski definition) is 3. The number of nitrogens with one attached hydrogen (secondary N) is 3. The molecule has 2 fully saturated rings. The predicted octanol–water partition coefficient (Wildman–Crippen LogP) is 2.90. The molecule has 0 unspecified atom stereocenters. The van der Waals surface area contributed by atoms with E-state index in [4.69, 9.17) is 14.2 Å². The van der Waals surface area contributed by atoms with E-state index in [9.17, 15) is 18.0 Å². The number of H-pyrrole nitrogens is 1. The summed E-state index contributed by atoms with van der Waals surface area (Å²) in [5.74, 6) is 0.605. The van der Waals surface area contributed by atoms with Gasteiger partial charge in [0.2, 0.25) is 11.8 Å². The van der Waals surface area contributed by atoms with Gasteiger partial charge in [-0.2, -0.15) is 10.1 Å². The molecule has 1 saturated carbocycles. The fourth-order valence-corrected chi connectivity index (χ4v) is 3.53. The van der Waals surface area contributed by atoms with Crippen LogP contribution in [0.2, 0.25) is 0 Å². The van der Waals surface area contributed by atoms with Crippen molar-refractivity contribution >= 4 is 23.5 Å². The molecular formula is C20H22F3N7O4. The maximum absolute atomic E-state index is 14.9. The third kappa shape index (κ3) is 4.71. The number of amides is 1. The first kappa shape index (κ1) is 22.3. The molecular weight excluding hydrogens is 459 g/mol. The molecule has 34 heavy (non-hydrogen) atoms. The van der Waals surface area contributed by atoms with E-state index in [-0.39, 0.29) is 24.0 Å². The van der Waals surface area contributed by atoms with Gasteiger partial charge in [0.1, 0.15) is 11.8 Å². The summed E-state index contributed by atoms with van der Waals surface area (Å²) in [6.07, 6.45) is -2.31. The van der Waals surface area contributed by atoms with Crippen molar-refractivity contribution in [2.24, 2.45) is 0 Å². The van der Waals surface area contributed by atoms with Gasteiger partial charge in [-0.25, -0.2) is 22.9 Å². The highest BCUT2D eigenvalue weighted by Gasteiger charge is 2.44. The maximum Gasteiger partial charge on any atom is 0.408 e. The molecule has 1 saturated heterocycles. The fraction of sp³-hybridized carbons (Fsp3) is 0.500. The first-order valence-electron chi connectivity index (χ1n) is 10.6. The van der Waals surface area contributed by atoms with Crippen molar-refractivity contribution in [2.45, 2.75) is 50.1 Å². The topological polar surface area (TPSA) is 128 Å². The highest BCUT2D eigenvalue weighted by atomic mass is 19.3. The third-order valence-electron chi connectivity index (χ3n) is 5.61. The van der Waals surface area contributed by atoms with Crippen molar-refractivity contribution in [1.29, 1.82) is 0 Å². The average Bonchev–Trinajstić information content (AvgIpc) is 3.15. The van der Waals surface area contributed by atoms with Gasteiger partial charge in [-0.1, -0.05) is 0 Å². The molecule has 3 N–H and O–H groups in total. The van der Waals surface area contributed by atoms with Gasteiger partial charge in [-0.05, 0) is 25.8 Å². The van der Waals surface area contributed by atoms with Crippen LogP contribution in [0.5, 0.6) is 5.88 Å². The molecule has 3 aromatic rings. The number of aromatic amines is 1. The van der Waals surface area contributed by atoms with Crippen LogP contribution in [0.15, 0.2) is 24.5 Å². The second-order valence-corrected chi connectivity index (χ2v) is 8.44. The molecule has 0 aromatic carbocycles. The zero-order valence-electron chi connectivity index (χ0n) is 18.0. The number of fused-ring (bicyclic) bond motifs is 1. The van der Waals surface area contributed by atoms with Gasteiger partial charge in [0, 0.05) is 17.8 Å². The first-order valence-corrected chi connectivity index (χ1v) is 10.6. The highest BCUT2D eigenvalue weighted by molar-refractivity contribution is 5.69. The van der Waals surface area contributed by atoms with Gasteiger partial charge in [0.15, 0.2) is 24.7 Å². The Morgan fingerprint density at radius 2 is 2.26 bits per heavy atom. The van der Waals surface area contributed by atoms with Crippen LogP contribution in [0.4, 0.5) is 29.7 Å². The summed E-state index contributed by atoms with van der Waals surface area (Å²) in [7, 11) is 0. The van der Waals surface area contributed by atoms with Crippen molar-refractivity contribution in [2.75, 3.05) is 18.5 Å². The van der Waals surface area contributed by atoms with E-state index < -0.39 is 37.5 Å². The monoisotopic (exact) mass is 481 g/mol. The predicted molar refractivity (Wildman–Crippen MR) is 111 cm³/mol. The maximum atomic E-state index is 14.9. The Kier molecular flexibility index (Phi) is 5.67. The highest BCUT2D eigenvalue weighted by Crippen LogP contribution is 2.36. The smallest absolute Gasteiger partial charge is 0.408 e. The Bertz CT molecular complexity index is 1180. The molecule has 4 heterocycles. The molecule has 1 aliphatic heterocycles. The van der Waals surface area contributed by atoms with Crippen LogP contribution in [-0.4, -0.2) is 68.1 Å². The summed E-state index contributed by atoms with van der Waals surface area (Å²) in [4.78, 5) is 20.3. The van der Waals surface area contributed by atoms with Gasteiger partial charge < -0.3 is 24.8 Å². The van der Waals surface area contributed by atoms with Gasteiger partial charge in [0.05, 0.1) is 18.5 Å². The molecule has 0 spiro atoms. The largest absolute Gasteiger partial charge is 0.470 e. The molecule has 1 amide bonds. The minimum atomic E-state index is -2.62. The number of ether oxygens (including phenoxy) is 3. The Morgan fingerprint density at radius 1 is 1.44 bits per heavy atom. The standard InChI is InChI=1S/C20H22F3N7O4/c1-20(3-4-20)27-19(31)34-11-8-33-17(16(11)23)10-6-13(29-28-10)25-18-24-5-2-14-26-15(7-30(14)18)32-9-12(21)22/h2,5-7,11-12,16-17H,3-4,8-9H2,1H3,(H,27,31)(H2,24,25,28,29)/t11-,16-,17-/m1/s1. The van der Waals surface area contributed by atoms with Crippen LogP contribution >= 0.6 is 0 Å². The molecule has 0 bridgehead atoms. The van der Waals surface area contributed by atoms with Crippen LogP contribution in [0.25, 0.3) is 5.65 Å². The summed E-state index contributed by atoms with van der Waals surface area (Å²) in [6, 6.07) is 3.12. The second kappa shape index (κ2) is 8.66. The number of rotatable bonds is 8. The Balaban J connectivity index is 1.24. The summed E-state index contributed by atoms with van der Waals surface area (Å²) in [6.45, 7) is 1.03. The summed E-state index contributed by atoms with van der Waals surface area (Å²) in [5, 5.41) is 12.5. The van der Waals surface area contributed by atoms with E-state index in [1.165, 1.54) is 22.9 Å². The quantitative estimate of drug-likeness (QED) is 0.448. The fourth-order valence-electron chi connectivity index (χ4n) is 3.53. The molecule has 1 aliphatic carbocycles. The minimum Gasteiger partial charge on any atom is -0.470 e. The second-order valence-electron chi connectivity index (χ2n) is 8.44. The van der Waals surface area contributed by atoms with Gasteiger partial charge in [-0.15, -0.1) is 0 Å². The van der Waals surface area contributed by atoms with Crippen molar-refractivity contribution in [3.63, 3.8) is 0 Å². The number of imidazole rings is 1. The number of anilines is 2. The Hall–Kier alpha value is -3.55. The summed E-state index contributed by atoms with van der Waals surface area (Å²) >= 11 is 0. The van der Waals surface area contributed by atoms with Crippen LogP contribution in [0, 0.1) is 0 Å². The van der Waals surface area contributed by atoms with Crippen molar-refractivity contribution in [1.82, 2.24) is 29.9 Å². The summed E-state index contributed by atoms with van der Waals surface area (Å²) < 4.78 is 56.9. The number of carbonyl (C=O) groups is 1. The first-order chi connectivity index (χ1) is 16.3. The lowest BCUT2D eigenvalue weighted by atomic mass is 10.1. The Labute approximate surface area is 191 Å². The third-order valence-corrected chi connectivity index (χ3v) is 5.61. The lowest BCUT2D eigenvalue weighted by Crippen LogP contribution is -2.39. The molecule has 5 rings (SSSR count). The van der Waals surface area contributed by atoms with E-state index in [0.29, 0.717) is 17.2 Å². The number of hydrogen-bond acceptors (Lipinski definition) is 8. The zero-order chi connectivity index (χ0) is 23.9. The number of halogens is 3. The molecule has 0 radical (unpaired) electrons. The molecule has 3 aromatic heterocycles. The average molecular weight is 481 g/mol. The number of nitrogens with zero attached hydrogens (tertiary/aromatic N) is 4.